The third-order valence-corrected chi connectivity index (χ3v) is 12.2. The number of nitrogens with one attached hydrogen (secondary N) is 1. The van der Waals surface area contributed by atoms with Gasteiger partial charge in [-0.15, -0.1) is 0 Å². The van der Waals surface area contributed by atoms with Crippen molar-refractivity contribution in [3.05, 3.63) is 33.9 Å². The van der Waals surface area contributed by atoms with Crippen molar-refractivity contribution in [2.75, 3.05) is 13.1 Å². The largest absolute Gasteiger partial charge is 0.460 e. The lowest BCUT2D eigenvalue weighted by Crippen LogP contribution is -2.71. The van der Waals surface area contributed by atoms with Crippen LogP contribution in [0.4, 0.5) is 13.2 Å². The Balaban J connectivity index is 1.25. The summed E-state index contributed by atoms with van der Waals surface area (Å²) in [6, 6.07) is 2.87. The molecule has 2 N–H and O–H groups in total. The SMILES string of the molecule is CC(C)C[C@H]1C(=O)N2CCC[C@H]2[C@]2(O)OC(NC(=O)C3C[C@@H]4c5cccc6c5c(c(Br)n6C)CC4N(C(F)(F)F)C3)(C(C)C)C(=O)N12. The lowest BCUT2D eigenvalue weighted by Gasteiger charge is -2.49. The molecule has 7 rings (SSSR count). The first kappa shape index (κ1) is 32.8. The van der Waals surface area contributed by atoms with Crippen LogP contribution in [0.5, 0.6) is 0 Å². The molecule has 3 unspecified atom stereocenters. The number of amides is 3. The minimum atomic E-state index is -4.71. The van der Waals surface area contributed by atoms with E-state index >= 15 is 0 Å². The van der Waals surface area contributed by atoms with Crippen LogP contribution in [0.15, 0.2) is 22.8 Å². The van der Waals surface area contributed by atoms with Gasteiger partial charge in [-0.2, -0.15) is 13.2 Å². The van der Waals surface area contributed by atoms with Crippen molar-refractivity contribution in [2.45, 2.75) is 102 Å². The first-order chi connectivity index (χ1) is 22.0. The van der Waals surface area contributed by atoms with Gasteiger partial charge in [0.05, 0.1) is 10.5 Å². The number of carbonyl (C=O) groups is 3. The third kappa shape index (κ3) is 4.64. The zero-order chi connectivity index (χ0) is 34.0. The van der Waals surface area contributed by atoms with Gasteiger partial charge in [-0.1, -0.05) is 39.8 Å². The summed E-state index contributed by atoms with van der Waals surface area (Å²) in [7, 11) is 1.86. The van der Waals surface area contributed by atoms with E-state index in [1.807, 2.05) is 43.7 Å². The van der Waals surface area contributed by atoms with E-state index in [1.165, 1.54) is 0 Å². The van der Waals surface area contributed by atoms with E-state index in [4.69, 9.17) is 4.74 Å². The van der Waals surface area contributed by atoms with Gasteiger partial charge >= 0.3 is 6.30 Å². The molecule has 0 radical (unpaired) electrons. The van der Waals surface area contributed by atoms with Gasteiger partial charge in [-0.25, -0.2) is 4.90 Å². The summed E-state index contributed by atoms with van der Waals surface area (Å²) in [5.74, 6) is -6.44. The summed E-state index contributed by atoms with van der Waals surface area (Å²) in [4.78, 5) is 45.5. The molecule has 0 saturated carbocycles. The lowest BCUT2D eigenvalue weighted by molar-refractivity contribution is -0.322. The number of hydrogen-bond acceptors (Lipinski definition) is 6. The van der Waals surface area contributed by atoms with Crippen LogP contribution >= 0.6 is 15.9 Å². The van der Waals surface area contributed by atoms with Crippen LogP contribution in [0, 0.1) is 17.8 Å². The molecule has 0 bridgehead atoms. The number of ether oxygens (including phenoxy) is 1. The molecule has 7 atom stereocenters. The predicted octanol–water partition coefficient (Wildman–Crippen LogP) is 4.18. The topological polar surface area (TPSA) is 107 Å². The zero-order valence-electron chi connectivity index (χ0n) is 27.1. The molecule has 5 heterocycles. The van der Waals surface area contributed by atoms with Gasteiger partial charge in [0.15, 0.2) is 0 Å². The molecule has 14 heteroatoms. The summed E-state index contributed by atoms with van der Waals surface area (Å²) in [6.45, 7) is 6.95. The molecule has 3 amide bonds. The number of nitrogens with zero attached hydrogens (tertiary/aromatic N) is 4. The van der Waals surface area contributed by atoms with Gasteiger partial charge in [0.2, 0.25) is 17.5 Å². The first-order valence-electron chi connectivity index (χ1n) is 16.5. The number of piperidine rings is 1. The second-order valence-corrected chi connectivity index (χ2v) is 15.4. The quantitative estimate of drug-likeness (QED) is 0.449. The molecule has 10 nitrogen and oxygen atoms in total. The van der Waals surface area contributed by atoms with Crippen molar-refractivity contribution < 1.29 is 37.4 Å². The maximum atomic E-state index is 14.8. The lowest BCUT2D eigenvalue weighted by atomic mass is 9.72. The van der Waals surface area contributed by atoms with Gasteiger partial charge in [0.1, 0.15) is 12.1 Å². The zero-order valence-corrected chi connectivity index (χ0v) is 28.7. The van der Waals surface area contributed by atoms with Crippen molar-refractivity contribution in [2.24, 2.45) is 24.8 Å². The average molecular weight is 725 g/mol. The van der Waals surface area contributed by atoms with Gasteiger partial charge in [0, 0.05) is 48.9 Å². The van der Waals surface area contributed by atoms with Crippen molar-refractivity contribution in [3.63, 3.8) is 0 Å². The van der Waals surface area contributed by atoms with E-state index in [9.17, 15) is 32.7 Å². The van der Waals surface area contributed by atoms with Gasteiger partial charge < -0.3 is 19.9 Å². The Kier molecular flexibility index (Phi) is 7.63. The predicted molar refractivity (Wildman–Crippen MR) is 168 cm³/mol. The van der Waals surface area contributed by atoms with Crippen LogP contribution in [0.1, 0.15) is 70.4 Å². The van der Waals surface area contributed by atoms with E-state index in [0.29, 0.717) is 24.3 Å². The summed E-state index contributed by atoms with van der Waals surface area (Å²) in [6.07, 6.45) is -3.12. The van der Waals surface area contributed by atoms with Crippen molar-refractivity contribution in [3.8, 4) is 0 Å². The van der Waals surface area contributed by atoms with E-state index in [2.05, 4.69) is 21.2 Å². The number of fused-ring (bicyclic) bond motifs is 5. The molecule has 47 heavy (non-hydrogen) atoms. The number of piperazine rings is 1. The minimum Gasteiger partial charge on any atom is -0.347 e. The van der Waals surface area contributed by atoms with E-state index < -0.39 is 72.2 Å². The van der Waals surface area contributed by atoms with Crippen molar-refractivity contribution >= 4 is 44.6 Å². The van der Waals surface area contributed by atoms with Crippen LogP contribution in [0.2, 0.25) is 0 Å². The summed E-state index contributed by atoms with van der Waals surface area (Å²) in [5, 5.41) is 15.8. The third-order valence-electron chi connectivity index (χ3n) is 11.2. The fourth-order valence-corrected chi connectivity index (χ4v) is 9.53. The smallest absolute Gasteiger partial charge is 0.347 e. The molecule has 5 aliphatic rings. The van der Waals surface area contributed by atoms with Crippen LogP contribution in [-0.2, 0) is 32.6 Å². The highest BCUT2D eigenvalue weighted by Crippen LogP contribution is 2.51. The van der Waals surface area contributed by atoms with Crippen molar-refractivity contribution in [1.82, 2.24) is 24.6 Å². The average Bonchev–Trinajstić information content (AvgIpc) is 3.66. The molecule has 2 aromatic rings. The Labute approximate surface area is 279 Å². The van der Waals surface area contributed by atoms with E-state index in [1.54, 1.807) is 18.7 Å². The summed E-state index contributed by atoms with van der Waals surface area (Å²) in [5.41, 5.74) is 0.394. The number of aryl methyl sites for hydroxylation is 1. The van der Waals surface area contributed by atoms with Crippen LogP contribution in [-0.4, -0.2) is 91.2 Å². The van der Waals surface area contributed by atoms with Crippen LogP contribution in [0.3, 0.4) is 0 Å². The minimum absolute atomic E-state index is 0.00182. The number of hydrogen-bond donors (Lipinski definition) is 2. The summed E-state index contributed by atoms with van der Waals surface area (Å²) >= 11 is 3.59. The second kappa shape index (κ2) is 10.9. The number of benzene rings is 1. The highest BCUT2D eigenvalue weighted by atomic mass is 79.9. The fourth-order valence-electron chi connectivity index (χ4n) is 8.97. The number of halogens is 4. The number of aromatic nitrogens is 1. The number of aliphatic hydroxyl groups is 1. The van der Waals surface area contributed by atoms with Crippen molar-refractivity contribution in [1.29, 1.82) is 0 Å². The Morgan fingerprint density at radius 2 is 1.94 bits per heavy atom. The molecular formula is C33H41BrF3N5O5. The Hall–Kier alpha value is -2.68. The number of rotatable bonds is 5. The highest BCUT2D eigenvalue weighted by Gasteiger charge is 2.72. The normalized spacial score (nSPS) is 34.0. The maximum Gasteiger partial charge on any atom is 0.460 e. The molecule has 1 aromatic carbocycles. The molecule has 1 aliphatic carbocycles. The monoisotopic (exact) mass is 723 g/mol. The number of carbonyl (C=O) groups excluding carboxylic acids is 3. The highest BCUT2D eigenvalue weighted by molar-refractivity contribution is 9.10. The Morgan fingerprint density at radius 3 is 2.60 bits per heavy atom. The first-order valence-corrected chi connectivity index (χ1v) is 17.3. The van der Waals surface area contributed by atoms with E-state index in [0.717, 1.165) is 31.5 Å². The fraction of sp³-hybridized carbons (Fsp3) is 0.667. The van der Waals surface area contributed by atoms with Gasteiger partial charge in [-0.05, 0) is 71.1 Å². The molecule has 4 fully saturated rings. The van der Waals surface area contributed by atoms with Gasteiger partial charge in [0.25, 0.3) is 11.8 Å². The number of alkyl halides is 3. The second-order valence-electron chi connectivity index (χ2n) is 14.7. The van der Waals surface area contributed by atoms with E-state index in [-0.39, 0.29) is 31.1 Å². The summed E-state index contributed by atoms with van der Waals surface area (Å²) < 4.78 is 53.3. The molecule has 4 aliphatic heterocycles. The van der Waals surface area contributed by atoms with Gasteiger partial charge in [-0.3, -0.25) is 24.0 Å². The molecule has 4 saturated heterocycles. The molecular weight excluding hydrogens is 683 g/mol. The van der Waals surface area contributed by atoms with Crippen LogP contribution in [0.25, 0.3) is 10.9 Å². The standard InChI is InChI=1S/C33H41BrF3N5O5/c1-16(2)12-24-29(44)40-11-7-10-25(40)32(46)42(24)30(45)31(47-32,17(3)4)38-28(43)18-13-20-19-8-6-9-22-26(19)21(27(34)39(22)5)14-23(20)41(15-18)33(35,36)37/h6,8-9,16-18,20,23-25,46H,7,10-15H2,1-5H3,(H,38,43)/t18?,20-,23?,24+,25+,31?,32+/m1/s1. The Bertz CT molecular complexity index is 1660. The Morgan fingerprint density at radius 1 is 1.21 bits per heavy atom. The molecule has 256 valence electrons. The molecule has 1 aromatic heterocycles. The molecule has 0 spiro atoms. The maximum absolute atomic E-state index is 14.8. The van der Waals surface area contributed by atoms with Crippen LogP contribution < -0.4 is 5.32 Å². The number of likely N-dealkylation sites (tertiary alicyclic amines) is 1.